The Hall–Kier alpha value is -0.400. The lowest BCUT2D eigenvalue weighted by Gasteiger charge is -2.42. The zero-order valence-corrected chi connectivity index (χ0v) is 10.8. The minimum atomic E-state index is -1.67. The molecular weight excluding hydrogens is 292 g/mol. The van der Waals surface area contributed by atoms with Crippen LogP contribution in [-0.4, -0.2) is 98.8 Å². The van der Waals surface area contributed by atoms with Gasteiger partial charge in [0.2, 0.25) is 0 Å². The van der Waals surface area contributed by atoms with Crippen molar-refractivity contribution in [3.8, 4) is 0 Å². The molecule has 10 nitrogen and oxygen atoms in total. The number of epoxide rings is 1. The fourth-order valence-electron chi connectivity index (χ4n) is 2.52. The molecule has 0 bridgehead atoms. The van der Waals surface area contributed by atoms with Crippen molar-refractivity contribution in [3.63, 3.8) is 0 Å². The molecule has 6 unspecified atom stereocenters. The van der Waals surface area contributed by atoms with Crippen LogP contribution in [0.15, 0.2) is 0 Å². The highest BCUT2D eigenvalue weighted by Gasteiger charge is 2.58. The monoisotopic (exact) mass is 310 g/mol. The molecule has 0 spiro atoms. The normalized spacial score (nSPS) is 56.9. The largest absolute Gasteiger partial charge is 0.394 e. The summed E-state index contributed by atoms with van der Waals surface area (Å²) >= 11 is 0. The predicted molar refractivity (Wildman–Crippen MR) is 60.4 cm³/mol. The van der Waals surface area contributed by atoms with Gasteiger partial charge in [0.05, 0.1) is 6.61 Å². The molecule has 21 heavy (non-hydrogen) atoms. The first-order valence-corrected chi connectivity index (χ1v) is 6.57. The van der Waals surface area contributed by atoms with Crippen molar-refractivity contribution in [2.24, 2.45) is 0 Å². The third-order valence-corrected chi connectivity index (χ3v) is 3.85. The number of hydrogen-bond acceptors (Lipinski definition) is 10. The number of hydrogen-bond donors (Lipinski definition) is 6. The van der Waals surface area contributed by atoms with E-state index in [2.05, 4.69) is 0 Å². The number of rotatable bonds is 3. The van der Waals surface area contributed by atoms with Gasteiger partial charge in [-0.05, 0) is 0 Å². The van der Waals surface area contributed by atoms with Crippen molar-refractivity contribution in [1.29, 1.82) is 0 Å². The second kappa shape index (κ2) is 5.66. The molecule has 10 atom stereocenters. The summed E-state index contributed by atoms with van der Waals surface area (Å²) in [5, 5.41) is 57.9. The van der Waals surface area contributed by atoms with Crippen LogP contribution in [0.4, 0.5) is 0 Å². The maximum absolute atomic E-state index is 9.96. The van der Waals surface area contributed by atoms with E-state index in [1.807, 2.05) is 0 Å². The van der Waals surface area contributed by atoms with Gasteiger partial charge in [-0.25, -0.2) is 0 Å². The minimum absolute atomic E-state index is 0.602. The molecule has 3 aliphatic rings. The molecule has 3 rings (SSSR count). The fraction of sp³-hybridized carbons (Fsp3) is 1.00. The first kappa shape index (κ1) is 15.5. The molecular formula is C11H18O10. The van der Waals surface area contributed by atoms with Crippen LogP contribution in [0.5, 0.6) is 0 Å². The molecule has 3 heterocycles. The Morgan fingerprint density at radius 3 is 2.19 bits per heavy atom. The van der Waals surface area contributed by atoms with E-state index in [9.17, 15) is 25.5 Å². The summed E-state index contributed by atoms with van der Waals surface area (Å²) < 4.78 is 20.2. The predicted octanol–water partition coefficient (Wildman–Crippen LogP) is -4.39. The quantitative estimate of drug-likeness (QED) is 0.281. The highest BCUT2D eigenvalue weighted by molar-refractivity contribution is 4.97. The molecule has 10 heteroatoms. The topological polar surface area (TPSA) is 162 Å². The lowest BCUT2D eigenvalue weighted by Crippen LogP contribution is -2.62. The van der Waals surface area contributed by atoms with Gasteiger partial charge in [0.15, 0.2) is 18.9 Å². The number of aliphatic hydroxyl groups is 6. The molecule has 0 radical (unpaired) electrons. The van der Waals surface area contributed by atoms with E-state index in [4.69, 9.17) is 24.1 Å². The van der Waals surface area contributed by atoms with Gasteiger partial charge in [-0.2, -0.15) is 0 Å². The van der Waals surface area contributed by atoms with E-state index in [0.29, 0.717) is 0 Å². The van der Waals surface area contributed by atoms with Gasteiger partial charge in [0, 0.05) is 0 Å². The van der Waals surface area contributed by atoms with Gasteiger partial charge in [0.1, 0.15) is 42.7 Å². The summed E-state index contributed by atoms with van der Waals surface area (Å²) in [5.74, 6) is 0. The summed E-state index contributed by atoms with van der Waals surface area (Å²) in [6.45, 7) is -0.602. The van der Waals surface area contributed by atoms with Crippen LogP contribution in [0.2, 0.25) is 0 Å². The molecule has 0 aromatic heterocycles. The molecule has 122 valence electrons. The first-order chi connectivity index (χ1) is 9.93. The average Bonchev–Trinajstić information content (AvgIpc) is 3.23. The van der Waals surface area contributed by atoms with E-state index < -0.39 is 68.2 Å². The van der Waals surface area contributed by atoms with E-state index in [0.717, 1.165) is 0 Å². The zero-order valence-electron chi connectivity index (χ0n) is 10.8. The number of ether oxygens (including phenoxy) is 4. The van der Waals surface area contributed by atoms with Crippen LogP contribution in [-0.2, 0) is 18.9 Å². The highest BCUT2D eigenvalue weighted by Crippen LogP contribution is 2.37. The van der Waals surface area contributed by atoms with Crippen LogP contribution in [0.3, 0.4) is 0 Å². The summed E-state index contributed by atoms with van der Waals surface area (Å²) in [4.78, 5) is 0. The Labute approximate surface area is 119 Å². The molecule has 3 saturated heterocycles. The molecule has 0 aromatic rings. The van der Waals surface area contributed by atoms with Crippen LogP contribution < -0.4 is 0 Å². The van der Waals surface area contributed by atoms with E-state index in [-0.39, 0.29) is 0 Å². The van der Waals surface area contributed by atoms with Gasteiger partial charge in [0.25, 0.3) is 0 Å². The molecule has 0 aliphatic carbocycles. The molecule has 0 amide bonds. The molecule has 6 N–H and O–H groups in total. The second-order valence-corrected chi connectivity index (χ2v) is 5.28. The van der Waals surface area contributed by atoms with Gasteiger partial charge in [-0.3, -0.25) is 0 Å². The molecule has 0 aromatic carbocycles. The Balaban J connectivity index is 1.69. The van der Waals surface area contributed by atoms with Crippen molar-refractivity contribution in [2.75, 3.05) is 6.61 Å². The van der Waals surface area contributed by atoms with Crippen molar-refractivity contribution >= 4 is 0 Å². The van der Waals surface area contributed by atoms with Crippen LogP contribution >= 0.6 is 0 Å². The van der Waals surface area contributed by atoms with E-state index >= 15 is 0 Å². The second-order valence-electron chi connectivity index (χ2n) is 5.28. The third kappa shape index (κ3) is 2.68. The van der Waals surface area contributed by atoms with Crippen LogP contribution in [0, 0.1) is 0 Å². The van der Waals surface area contributed by atoms with Gasteiger partial charge in [-0.1, -0.05) is 0 Å². The third-order valence-electron chi connectivity index (χ3n) is 3.85. The van der Waals surface area contributed by atoms with Crippen molar-refractivity contribution in [2.45, 2.75) is 61.6 Å². The lowest BCUT2D eigenvalue weighted by molar-refractivity contribution is -0.337. The Bertz CT molecular complexity index is 380. The maximum Gasteiger partial charge on any atom is 0.190 e. The maximum atomic E-state index is 9.96. The van der Waals surface area contributed by atoms with Crippen molar-refractivity contribution in [3.05, 3.63) is 0 Å². The summed E-state index contributed by atoms with van der Waals surface area (Å²) in [5.41, 5.74) is 0. The Morgan fingerprint density at radius 2 is 1.52 bits per heavy atom. The molecule has 3 fully saturated rings. The van der Waals surface area contributed by atoms with Crippen molar-refractivity contribution < 1.29 is 49.6 Å². The standard InChI is InChI=1S/C11H18O10/c12-1-2-3(13)7(6(16)9(17)18-2)19-10-5(15)4(14)8-11(20-8)21-10/h2-17H,1H2/t2?,3-,4?,5?,6?,7?,8+,9+,10+,11?/m0/s1. The van der Waals surface area contributed by atoms with Gasteiger partial charge < -0.3 is 49.6 Å². The number of fused-ring (bicyclic) bond motifs is 1. The Morgan fingerprint density at radius 1 is 0.810 bits per heavy atom. The highest BCUT2D eigenvalue weighted by atomic mass is 16.8. The van der Waals surface area contributed by atoms with Crippen LogP contribution in [0.25, 0.3) is 0 Å². The minimum Gasteiger partial charge on any atom is -0.394 e. The Kier molecular flexibility index (Phi) is 4.18. The van der Waals surface area contributed by atoms with E-state index in [1.54, 1.807) is 0 Å². The molecule has 3 aliphatic heterocycles. The number of aliphatic hydroxyl groups excluding tert-OH is 6. The lowest BCUT2D eigenvalue weighted by atomic mass is 9.98. The van der Waals surface area contributed by atoms with Crippen molar-refractivity contribution in [1.82, 2.24) is 0 Å². The summed E-state index contributed by atoms with van der Waals surface area (Å²) in [6.07, 6.45) is -12.7. The van der Waals surface area contributed by atoms with Crippen LogP contribution in [0.1, 0.15) is 0 Å². The SMILES string of the molecule is OCC1O[C@@H](O)C(O)C(O[C@@H]2OC3O[C@@H]3C(O)C2O)[C@H]1O. The summed E-state index contributed by atoms with van der Waals surface area (Å²) in [7, 11) is 0. The van der Waals surface area contributed by atoms with Gasteiger partial charge >= 0.3 is 0 Å². The average molecular weight is 310 g/mol. The van der Waals surface area contributed by atoms with Gasteiger partial charge in [-0.15, -0.1) is 0 Å². The smallest absolute Gasteiger partial charge is 0.190 e. The zero-order chi connectivity index (χ0) is 15.3. The van der Waals surface area contributed by atoms with E-state index in [1.165, 1.54) is 0 Å². The first-order valence-electron chi connectivity index (χ1n) is 6.57. The fourth-order valence-corrected chi connectivity index (χ4v) is 2.52. The summed E-state index contributed by atoms with van der Waals surface area (Å²) in [6, 6.07) is 0. The molecule has 0 saturated carbocycles.